The number of benzene rings is 4. The van der Waals surface area contributed by atoms with Gasteiger partial charge in [0.05, 0.1) is 81.2 Å². The standard InChI is InChI=1S/C25H28O14S3.C10H14O6S.3Na/c26-9-21-5-15(12-41(34,35)36)3-19(24(21)29)7-17-1-14(11-40(31,32)33)2-18(23(17)28)8-20-4-16(13-42(37,38)39)6-22(10-27)25(20)30;1-16-17(14,15)6-7-2-8(4-11)10(13)9(3-7)5-12;;;/h1-6,26-30H,7-13H2,(H,31,32,33)(H,34,35,36)(H,37,38,39);2-3,11-13H,4-6H2,1H3;;;/q;;3*+1/p-3. The fraction of sp³-hybridized carbons (Fsp3) is 0.314. The number of hydrogen-bond acceptors (Lipinski definition) is 20. The van der Waals surface area contributed by atoms with E-state index in [1.165, 1.54) is 12.1 Å². The first-order valence-corrected chi connectivity index (χ1v) is 22.9. The summed E-state index contributed by atoms with van der Waals surface area (Å²) in [5.41, 5.74) is -0.264. The van der Waals surface area contributed by atoms with E-state index in [0.29, 0.717) is 5.56 Å². The Labute approximate surface area is 424 Å². The number of aliphatic hydroxyl groups is 4. The van der Waals surface area contributed by atoms with E-state index in [9.17, 15) is 78.0 Å². The summed E-state index contributed by atoms with van der Waals surface area (Å²) in [6, 6.07) is 9.41. The van der Waals surface area contributed by atoms with Gasteiger partial charge < -0.3 is 54.5 Å². The van der Waals surface area contributed by atoms with E-state index >= 15 is 0 Å². The molecule has 0 bridgehead atoms. The van der Waals surface area contributed by atoms with Crippen LogP contribution >= 0.6 is 0 Å². The molecule has 0 heterocycles. The number of phenols is 4. The van der Waals surface area contributed by atoms with Gasteiger partial charge in [-0.3, -0.25) is 4.18 Å². The van der Waals surface area contributed by atoms with Crippen LogP contribution in [0, 0.1) is 0 Å². The molecule has 20 nitrogen and oxygen atoms in total. The molecule has 62 heavy (non-hydrogen) atoms. The number of aliphatic hydroxyl groups excluding tert-OH is 4. The van der Waals surface area contributed by atoms with Crippen LogP contribution in [0.5, 0.6) is 23.0 Å². The van der Waals surface area contributed by atoms with E-state index in [2.05, 4.69) is 4.18 Å². The van der Waals surface area contributed by atoms with Gasteiger partial charge in [-0.15, -0.1) is 0 Å². The summed E-state index contributed by atoms with van der Waals surface area (Å²) < 4.78 is 129. The van der Waals surface area contributed by atoms with Crippen molar-refractivity contribution in [3.63, 3.8) is 0 Å². The van der Waals surface area contributed by atoms with Crippen LogP contribution in [0.15, 0.2) is 48.5 Å². The van der Waals surface area contributed by atoms with E-state index in [-0.39, 0.29) is 161 Å². The molecule has 0 atom stereocenters. The van der Waals surface area contributed by atoms with Crippen LogP contribution in [0.4, 0.5) is 0 Å². The van der Waals surface area contributed by atoms with Crippen LogP contribution in [0.1, 0.15) is 66.8 Å². The zero-order valence-electron chi connectivity index (χ0n) is 33.8. The zero-order chi connectivity index (χ0) is 44.7. The van der Waals surface area contributed by atoms with Crippen molar-refractivity contribution in [1.29, 1.82) is 0 Å². The summed E-state index contributed by atoms with van der Waals surface area (Å²) in [7, 11) is -17.0. The Bertz CT molecular complexity index is 2500. The second-order valence-electron chi connectivity index (χ2n) is 13.0. The minimum Gasteiger partial charge on any atom is -0.748 e. The summed E-state index contributed by atoms with van der Waals surface area (Å²) in [6.07, 6.45) is -0.834. The maximum absolute atomic E-state index is 11.5. The van der Waals surface area contributed by atoms with Crippen molar-refractivity contribution in [2.75, 3.05) is 7.11 Å². The Morgan fingerprint density at radius 3 is 0.806 bits per heavy atom. The molecule has 27 heteroatoms. The maximum atomic E-state index is 11.5. The summed E-state index contributed by atoms with van der Waals surface area (Å²) in [6.45, 7) is -2.39. The molecule has 0 saturated heterocycles. The van der Waals surface area contributed by atoms with E-state index in [1.807, 2.05) is 0 Å². The van der Waals surface area contributed by atoms with Gasteiger partial charge in [-0.05, 0) is 68.8 Å². The molecular formula is C35H39Na3O20S4. The largest absolute Gasteiger partial charge is 1.00 e. The van der Waals surface area contributed by atoms with E-state index in [4.69, 9.17) is 10.2 Å². The van der Waals surface area contributed by atoms with Gasteiger partial charge in [-0.1, -0.05) is 24.3 Å². The number of aromatic hydroxyl groups is 4. The molecule has 0 fully saturated rings. The van der Waals surface area contributed by atoms with Crippen molar-refractivity contribution in [3.05, 3.63) is 115 Å². The molecule has 4 aromatic carbocycles. The summed E-state index contributed by atoms with van der Waals surface area (Å²) in [5, 5.41) is 79.0. The molecule has 0 aliphatic rings. The van der Waals surface area contributed by atoms with Gasteiger partial charge in [0.15, 0.2) is 0 Å². The van der Waals surface area contributed by atoms with Gasteiger partial charge in [0.1, 0.15) is 28.8 Å². The Kier molecular flexibility index (Phi) is 24.9. The first kappa shape index (κ1) is 60.6. The molecule has 4 aromatic rings. The third-order valence-electron chi connectivity index (χ3n) is 8.38. The van der Waals surface area contributed by atoms with Crippen molar-refractivity contribution in [2.45, 2.75) is 62.3 Å². The molecule has 0 unspecified atom stereocenters. The Hall–Kier alpha value is -1.44. The minimum atomic E-state index is -4.86. The molecule has 4 rings (SSSR count). The third-order valence-corrected chi connectivity index (χ3v) is 11.6. The number of rotatable bonds is 17. The zero-order valence-corrected chi connectivity index (χ0v) is 43.1. The van der Waals surface area contributed by atoms with Gasteiger partial charge in [0.25, 0.3) is 10.1 Å². The molecule has 326 valence electrons. The molecular weight excluding hydrogens is 938 g/mol. The van der Waals surface area contributed by atoms with Gasteiger partial charge in [-0.25, -0.2) is 25.3 Å². The number of phenolic OH excluding ortho intramolecular Hbond substituents is 1. The molecule has 0 aliphatic heterocycles. The molecule has 0 aromatic heterocycles. The first-order valence-electron chi connectivity index (χ1n) is 16.6. The van der Waals surface area contributed by atoms with Crippen LogP contribution in [0.3, 0.4) is 0 Å². The van der Waals surface area contributed by atoms with Crippen molar-refractivity contribution in [1.82, 2.24) is 0 Å². The quantitative estimate of drug-likeness (QED) is 0.0277. The molecule has 0 aliphatic carbocycles. The topological polar surface area (TPSA) is 377 Å². The molecule has 0 saturated carbocycles. The van der Waals surface area contributed by atoms with Gasteiger partial charge >= 0.3 is 88.7 Å². The Balaban J connectivity index is 0.00000157. The van der Waals surface area contributed by atoms with E-state index < -0.39 is 114 Å². The van der Waals surface area contributed by atoms with E-state index in [1.54, 1.807) is 0 Å². The van der Waals surface area contributed by atoms with Crippen molar-refractivity contribution in [2.24, 2.45) is 0 Å². The summed E-state index contributed by atoms with van der Waals surface area (Å²) in [4.78, 5) is 0. The second kappa shape index (κ2) is 25.5. The van der Waals surface area contributed by atoms with Crippen LogP contribution < -0.4 is 88.7 Å². The minimum absolute atomic E-state index is 0. The van der Waals surface area contributed by atoms with Crippen LogP contribution in [0.2, 0.25) is 0 Å². The SMILES string of the molecule is COS(=O)(=O)Cc1cc(CO)c(O)c(CO)c1.O=S(=O)([O-])Cc1cc(CO)c(O)c(Cc2cc(CS(=O)(=O)[O-])cc(Cc3cc(CS(=O)(=O)[O-])cc(CO)c3O)c2O)c1.[Na+].[Na+].[Na+]. The first-order chi connectivity index (χ1) is 27.2. The van der Waals surface area contributed by atoms with Crippen molar-refractivity contribution in [3.8, 4) is 23.0 Å². The second-order valence-corrected chi connectivity index (χ2v) is 19.0. The Morgan fingerprint density at radius 1 is 0.403 bits per heavy atom. The van der Waals surface area contributed by atoms with Gasteiger partial charge in [0.2, 0.25) is 0 Å². The smallest absolute Gasteiger partial charge is 0.748 e. The average Bonchev–Trinajstić information content (AvgIpc) is 3.11. The van der Waals surface area contributed by atoms with Gasteiger partial charge in [0, 0.05) is 35.1 Å². The van der Waals surface area contributed by atoms with Crippen LogP contribution in [0.25, 0.3) is 0 Å². The van der Waals surface area contributed by atoms with Crippen molar-refractivity contribution >= 4 is 40.5 Å². The summed E-state index contributed by atoms with van der Waals surface area (Å²) >= 11 is 0. The van der Waals surface area contributed by atoms with Crippen LogP contribution in [-0.2, 0) is 107 Å². The molecule has 8 N–H and O–H groups in total. The average molecular weight is 977 g/mol. The summed E-state index contributed by atoms with van der Waals surface area (Å²) in [5.74, 6) is -5.17. The molecule has 0 amide bonds. The number of hydrogen-bond donors (Lipinski definition) is 8. The maximum Gasteiger partial charge on any atom is 1.00 e. The monoisotopic (exact) mass is 976 g/mol. The fourth-order valence-electron chi connectivity index (χ4n) is 5.97. The van der Waals surface area contributed by atoms with Gasteiger partial charge in [-0.2, -0.15) is 8.42 Å². The Morgan fingerprint density at radius 2 is 0.597 bits per heavy atom. The molecule has 0 spiro atoms. The normalized spacial score (nSPS) is 11.7. The third kappa shape index (κ3) is 18.8. The molecule has 0 radical (unpaired) electrons. The van der Waals surface area contributed by atoms with Crippen LogP contribution in [-0.4, -0.2) is 95.3 Å². The van der Waals surface area contributed by atoms with Crippen molar-refractivity contribution < 1.29 is 181 Å². The predicted molar refractivity (Wildman–Crippen MR) is 202 cm³/mol. The van der Waals surface area contributed by atoms with E-state index in [0.717, 1.165) is 43.5 Å². The predicted octanol–water partition coefficient (Wildman–Crippen LogP) is -9.03. The fourth-order valence-corrected chi connectivity index (χ4v) is 8.39.